The number of hydrogen-bond donors (Lipinski definition) is 2. The molecule has 0 spiro atoms. The molecule has 41 heavy (non-hydrogen) atoms. The minimum atomic E-state index is -0.868. The van der Waals surface area contributed by atoms with Gasteiger partial charge in [0.2, 0.25) is 5.91 Å². The van der Waals surface area contributed by atoms with Gasteiger partial charge in [-0.2, -0.15) is 0 Å². The Bertz CT molecular complexity index is 1380. The van der Waals surface area contributed by atoms with Crippen molar-refractivity contribution in [3.05, 3.63) is 65.4 Å². The molecule has 3 aromatic rings. The normalized spacial score (nSPS) is 17.1. The van der Waals surface area contributed by atoms with Gasteiger partial charge >= 0.3 is 0 Å². The number of benzene rings is 1. The summed E-state index contributed by atoms with van der Waals surface area (Å²) in [5.41, 5.74) is 1.15. The first-order valence-corrected chi connectivity index (χ1v) is 14.7. The Hall–Kier alpha value is -4.00. The Balaban J connectivity index is 1.60. The van der Waals surface area contributed by atoms with Gasteiger partial charge < -0.3 is 20.3 Å². The highest BCUT2D eigenvalue weighted by atomic mass is 32.2. The number of amides is 3. The number of nitrogens with zero attached hydrogens (tertiary/aromatic N) is 5. The third-order valence-corrected chi connectivity index (χ3v) is 7.19. The van der Waals surface area contributed by atoms with E-state index in [1.165, 1.54) is 23.9 Å². The van der Waals surface area contributed by atoms with Crippen LogP contribution in [0.3, 0.4) is 0 Å². The number of aromatic nitrogens is 4. The third-order valence-electron chi connectivity index (χ3n) is 6.48. The van der Waals surface area contributed by atoms with Crippen molar-refractivity contribution in [3.63, 3.8) is 0 Å². The van der Waals surface area contributed by atoms with Gasteiger partial charge in [0, 0.05) is 38.4 Å². The highest BCUT2D eigenvalue weighted by molar-refractivity contribution is 7.98. The van der Waals surface area contributed by atoms with Crippen LogP contribution in [0.4, 0.5) is 4.39 Å². The fourth-order valence-electron chi connectivity index (χ4n) is 4.44. The van der Waals surface area contributed by atoms with Crippen molar-refractivity contribution in [3.8, 4) is 5.75 Å². The van der Waals surface area contributed by atoms with Gasteiger partial charge in [-0.1, -0.05) is 19.1 Å². The van der Waals surface area contributed by atoms with Crippen LogP contribution < -0.4 is 15.4 Å². The summed E-state index contributed by atoms with van der Waals surface area (Å²) < 4.78 is 21.5. The molecular formula is C28H34FN7O4S. The molecule has 2 bridgehead atoms. The van der Waals surface area contributed by atoms with Crippen molar-refractivity contribution in [1.82, 2.24) is 35.5 Å². The summed E-state index contributed by atoms with van der Waals surface area (Å²) in [6.07, 6.45) is 6.08. The van der Waals surface area contributed by atoms with Crippen molar-refractivity contribution in [2.75, 3.05) is 32.5 Å². The Morgan fingerprint density at radius 3 is 2.83 bits per heavy atom. The van der Waals surface area contributed by atoms with Gasteiger partial charge in [-0.25, -0.2) is 14.1 Å². The topological polar surface area (TPSA) is 131 Å². The summed E-state index contributed by atoms with van der Waals surface area (Å²) in [5.74, 6) is -1.54. The lowest BCUT2D eigenvalue weighted by atomic mass is 10.0. The lowest BCUT2D eigenvalue weighted by Gasteiger charge is -2.25. The van der Waals surface area contributed by atoms with Gasteiger partial charge in [0.1, 0.15) is 29.2 Å². The number of carbonyl (C=O) groups is 3. The number of pyridine rings is 1. The Morgan fingerprint density at radius 2 is 2.05 bits per heavy atom. The van der Waals surface area contributed by atoms with Crippen molar-refractivity contribution in [1.29, 1.82) is 0 Å². The smallest absolute Gasteiger partial charge is 0.256 e. The molecule has 4 rings (SSSR count). The van der Waals surface area contributed by atoms with E-state index in [0.717, 1.165) is 6.07 Å². The fraction of sp³-hybridized carbons (Fsp3) is 0.429. The van der Waals surface area contributed by atoms with E-state index >= 15 is 0 Å². The second kappa shape index (κ2) is 14.1. The Morgan fingerprint density at radius 1 is 1.22 bits per heavy atom. The first kappa shape index (κ1) is 30.0. The zero-order valence-corrected chi connectivity index (χ0v) is 24.1. The van der Waals surface area contributed by atoms with E-state index in [4.69, 9.17) is 4.74 Å². The molecule has 13 heteroatoms. The van der Waals surface area contributed by atoms with Crippen LogP contribution >= 0.6 is 11.8 Å². The van der Waals surface area contributed by atoms with Crippen molar-refractivity contribution in [2.45, 2.75) is 44.3 Å². The molecule has 0 radical (unpaired) electrons. The maximum absolute atomic E-state index is 14.1. The molecule has 218 valence electrons. The molecule has 11 nitrogen and oxygen atoms in total. The van der Waals surface area contributed by atoms with E-state index in [0.29, 0.717) is 42.2 Å². The molecule has 0 saturated carbocycles. The first-order chi connectivity index (χ1) is 19.7. The number of carbonyl (C=O) groups excluding carboxylic acids is 3. The summed E-state index contributed by atoms with van der Waals surface area (Å²) >= 11 is 1.38. The zero-order chi connectivity index (χ0) is 29.4. The van der Waals surface area contributed by atoms with Gasteiger partial charge in [-0.15, -0.1) is 16.9 Å². The average molecular weight is 584 g/mol. The highest BCUT2D eigenvalue weighted by Gasteiger charge is 2.26. The van der Waals surface area contributed by atoms with E-state index in [1.807, 2.05) is 20.1 Å². The van der Waals surface area contributed by atoms with E-state index in [9.17, 15) is 18.8 Å². The van der Waals surface area contributed by atoms with Crippen molar-refractivity contribution in [2.24, 2.45) is 5.92 Å². The van der Waals surface area contributed by atoms with E-state index in [1.54, 1.807) is 34.1 Å². The summed E-state index contributed by atoms with van der Waals surface area (Å²) in [6, 6.07) is 6.27. The SMILES string of the molecule is CSc1ncccc1C(=O)N1CCNC(=O)[C@@H](CC(C)C)NC(=O)c2cc(F)ccc2OCCn2cc(nn2)CC1. The minimum absolute atomic E-state index is 0.00945. The second-order valence-electron chi connectivity index (χ2n) is 10.0. The van der Waals surface area contributed by atoms with Gasteiger partial charge in [0.25, 0.3) is 11.8 Å². The van der Waals surface area contributed by atoms with Crippen LogP contribution in [0.5, 0.6) is 5.75 Å². The van der Waals surface area contributed by atoms with Crippen LogP contribution in [0.2, 0.25) is 0 Å². The quantitative estimate of drug-likeness (QED) is 0.448. The fourth-order valence-corrected chi connectivity index (χ4v) is 4.99. The maximum atomic E-state index is 14.1. The number of hydrogen-bond acceptors (Lipinski definition) is 8. The number of fused-ring (bicyclic) bond motifs is 3. The third kappa shape index (κ3) is 8.03. The molecule has 0 fully saturated rings. The Labute approximate surface area is 242 Å². The van der Waals surface area contributed by atoms with Crippen molar-refractivity contribution >= 4 is 29.5 Å². The van der Waals surface area contributed by atoms with Gasteiger partial charge in [0.15, 0.2) is 0 Å². The second-order valence-corrected chi connectivity index (χ2v) is 10.8. The highest BCUT2D eigenvalue weighted by Crippen LogP contribution is 2.21. The molecule has 2 aromatic heterocycles. The van der Waals surface area contributed by atoms with E-state index in [2.05, 4.69) is 25.9 Å². The first-order valence-electron chi connectivity index (χ1n) is 13.4. The number of halogens is 1. The summed E-state index contributed by atoms with van der Waals surface area (Å²) in [6.45, 7) is 5.09. The molecule has 2 N–H and O–H groups in total. The van der Waals surface area contributed by atoms with E-state index < -0.39 is 23.7 Å². The van der Waals surface area contributed by atoms with Crippen LogP contribution in [-0.2, 0) is 17.8 Å². The predicted octanol–water partition coefficient (Wildman–Crippen LogP) is 2.57. The van der Waals surface area contributed by atoms with Gasteiger partial charge in [0.05, 0.1) is 23.4 Å². The number of thioether (sulfide) groups is 1. The van der Waals surface area contributed by atoms with E-state index in [-0.39, 0.29) is 42.8 Å². The molecule has 1 aliphatic rings. The lowest BCUT2D eigenvalue weighted by Crippen LogP contribution is -2.49. The van der Waals surface area contributed by atoms with Gasteiger partial charge in [-0.05, 0) is 48.9 Å². The number of rotatable bonds is 4. The molecule has 1 atom stereocenters. The molecular weight excluding hydrogens is 549 g/mol. The molecule has 3 amide bonds. The maximum Gasteiger partial charge on any atom is 0.256 e. The van der Waals surface area contributed by atoms with Crippen LogP contribution in [0.25, 0.3) is 0 Å². The molecule has 0 unspecified atom stereocenters. The molecule has 3 heterocycles. The van der Waals surface area contributed by atoms with Crippen molar-refractivity contribution < 1.29 is 23.5 Å². The minimum Gasteiger partial charge on any atom is -0.491 e. The van der Waals surface area contributed by atoms with Gasteiger partial charge in [-0.3, -0.25) is 14.4 Å². The largest absolute Gasteiger partial charge is 0.491 e. The molecule has 1 aromatic carbocycles. The standard InChI is InChI=1S/C28H34FN7O4S/c1-18(2)15-23-26(38)30-10-12-35(28(39)21-5-4-9-31-27(21)41-3)11-8-20-17-36(34-33-20)13-14-40-24-7-6-19(29)16-22(24)25(37)32-23/h4-7,9,16-18,23H,8,10-15H2,1-3H3,(H,30,38)(H,32,37)/t23-/m1/s1. The number of ether oxygens (including phenoxy) is 1. The predicted molar refractivity (Wildman–Crippen MR) is 151 cm³/mol. The number of nitrogens with one attached hydrogen (secondary N) is 2. The van der Waals surface area contributed by atoms with Crippen LogP contribution in [0.15, 0.2) is 47.8 Å². The van der Waals surface area contributed by atoms with Crippen LogP contribution in [0.1, 0.15) is 46.7 Å². The Kier molecular flexibility index (Phi) is 10.3. The zero-order valence-electron chi connectivity index (χ0n) is 23.3. The summed E-state index contributed by atoms with van der Waals surface area (Å²) in [4.78, 5) is 46.0. The van der Waals surface area contributed by atoms with Crippen LogP contribution in [-0.4, -0.2) is 81.1 Å². The molecule has 1 aliphatic heterocycles. The molecule has 0 saturated heterocycles. The molecule has 0 aliphatic carbocycles. The summed E-state index contributed by atoms with van der Waals surface area (Å²) in [7, 11) is 0. The monoisotopic (exact) mass is 583 g/mol. The van der Waals surface area contributed by atoms with Crippen LogP contribution in [0, 0.1) is 11.7 Å². The average Bonchev–Trinajstić information content (AvgIpc) is 3.41. The summed E-state index contributed by atoms with van der Waals surface area (Å²) in [5, 5.41) is 14.6. The lowest BCUT2D eigenvalue weighted by molar-refractivity contribution is -0.123.